The number of likely N-dealkylation sites (tertiary alicyclic amines) is 1. The van der Waals surface area contributed by atoms with Gasteiger partial charge in [0.2, 0.25) is 5.91 Å². The predicted molar refractivity (Wildman–Crippen MR) is 97.6 cm³/mol. The summed E-state index contributed by atoms with van der Waals surface area (Å²) in [7, 11) is 0. The molecule has 136 valence electrons. The van der Waals surface area contributed by atoms with Crippen molar-refractivity contribution in [2.24, 2.45) is 5.92 Å². The van der Waals surface area contributed by atoms with Crippen LogP contribution in [0, 0.1) is 17.2 Å². The van der Waals surface area contributed by atoms with E-state index in [0.29, 0.717) is 6.42 Å². The zero-order valence-electron chi connectivity index (χ0n) is 15.4. The second kappa shape index (κ2) is 8.46. The molecule has 0 saturated carbocycles. The van der Waals surface area contributed by atoms with Crippen LogP contribution in [0.3, 0.4) is 0 Å². The van der Waals surface area contributed by atoms with E-state index in [4.69, 9.17) is 0 Å². The molecule has 1 aliphatic rings. The van der Waals surface area contributed by atoms with Crippen molar-refractivity contribution in [2.75, 3.05) is 13.1 Å². The Bertz CT molecular complexity index is 611. The van der Waals surface area contributed by atoms with Crippen LogP contribution in [0.5, 0.6) is 0 Å². The van der Waals surface area contributed by atoms with Crippen molar-refractivity contribution in [1.82, 2.24) is 10.2 Å². The molecule has 1 aromatic carbocycles. The van der Waals surface area contributed by atoms with Gasteiger partial charge in [-0.2, -0.15) is 5.26 Å². The van der Waals surface area contributed by atoms with Crippen molar-refractivity contribution in [3.63, 3.8) is 0 Å². The normalized spacial score (nSPS) is 21.5. The molecule has 1 saturated heterocycles. The van der Waals surface area contributed by atoms with Crippen molar-refractivity contribution in [3.05, 3.63) is 35.9 Å². The predicted octanol–water partition coefficient (Wildman–Crippen LogP) is 2.63. The summed E-state index contributed by atoms with van der Waals surface area (Å²) in [5.74, 6) is -0.0884. The molecule has 25 heavy (non-hydrogen) atoms. The SMILES string of the molecule is CC(C)[C@](C)(C#N)NC(=O)CN1CCC[C@@H]1C[C@@H](O)c1ccccc1. The lowest BCUT2D eigenvalue weighted by atomic mass is 9.90. The molecule has 0 aromatic heterocycles. The van der Waals surface area contributed by atoms with Crippen LogP contribution in [0.4, 0.5) is 0 Å². The number of carbonyl (C=O) groups is 1. The first-order chi connectivity index (χ1) is 11.9. The average Bonchev–Trinajstić information content (AvgIpc) is 3.01. The summed E-state index contributed by atoms with van der Waals surface area (Å²) in [6.45, 7) is 6.74. The van der Waals surface area contributed by atoms with Gasteiger partial charge in [0.05, 0.1) is 18.7 Å². The lowest BCUT2D eigenvalue weighted by Crippen LogP contribution is -2.52. The Morgan fingerprint density at radius 1 is 1.44 bits per heavy atom. The van der Waals surface area contributed by atoms with E-state index in [0.717, 1.165) is 24.9 Å². The Labute approximate surface area is 150 Å². The van der Waals surface area contributed by atoms with Crippen LogP contribution in [0.1, 0.15) is 51.7 Å². The number of aliphatic hydroxyl groups is 1. The summed E-state index contributed by atoms with van der Waals surface area (Å²) in [4.78, 5) is 14.5. The summed E-state index contributed by atoms with van der Waals surface area (Å²) in [6.07, 6.45) is 2.11. The number of carbonyl (C=O) groups excluding carboxylic acids is 1. The van der Waals surface area contributed by atoms with Crippen molar-refractivity contribution >= 4 is 5.91 Å². The van der Waals surface area contributed by atoms with Crippen molar-refractivity contribution in [3.8, 4) is 6.07 Å². The highest BCUT2D eigenvalue weighted by atomic mass is 16.3. The molecule has 0 unspecified atom stereocenters. The molecule has 1 aliphatic heterocycles. The average molecular weight is 343 g/mol. The summed E-state index contributed by atoms with van der Waals surface area (Å²) >= 11 is 0. The summed E-state index contributed by atoms with van der Waals surface area (Å²) in [5, 5.41) is 22.7. The van der Waals surface area contributed by atoms with E-state index in [-0.39, 0.29) is 24.4 Å². The minimum absolute atomic E-state index is 0.0377. The summed E-state index contributed by atoms with van der Waals surface area (Å²) < 4.78 is 0. The first-order valence-electron chi connectivity index (χ1n) is 9.05. The van der Waals surface area contributed by atoms with Gasteiger partial charge in [0.25, 0.3) is 0 Å². The van der Waals surface area contributed by atoms with Crippen LogP contribution in [-0.4, -0.2) is 40.6 Å². The molecule has 5 nitrogen and oxygen atoms in total. The monoisotopic (exact) mass is 343 g/mol. The smallest absolute Gasteiger partial charge is 0.235 e. The maximum atomic E-state index is 12.4. The lowest BCUT2D eigenvalue weighted by Gasteiger charge is -2.30. The molecular weight excluding hydrogens is 314 g/mol. The first-order valence-corrected chi connectivity index (χ1v) is 9.05. The van der Waals surface area contributed by atoms with Gasteiger partial charge in [0.15, 0.2) is 0 Å². The second-order valence-corrected chi connectivity index (χ2v) is 7.45. The number of benzene rings is 1. The van der Waals surface area contributed by atoms with E-state index in [9.17, 15) is 15.2 Å². The van der Waals surface area contributed by atoms with Crippen molar-refractivity contribution < 1.29 is 9.90 Å². The van der Waals surface area contributed by atoms with Crippen LogP contribution < -0.4 is 5.32 Å². The first kappa shape index (κ1) is 19.4. The second-order valence-electron chi connectivity index (χ2n) is 7.45. The highest BCUT2D eigenvalue weighted by Crippen LogP contribution is 2.27. The van der Waals surface area contributed by atoms with Gasteiger partial charge in [-0.15, -0.1) is 0 Å². The van der Waals surface area contributed by atoms with Gasteiger partial charge in [-0.3, -0.25) is 9.69 Å². The van der Waals surface area contributed by atoms with E-state index in [1.807, 2.05) is 44.2 Å². The number of amides is 1. The number of aliphatic hydroxyl groups excluding tert-OH is 1. The van der Waals surface area contributed by atoms with Crippen LogP contribution in [0.25, 0.3) is 0 Å². The van der Waals surface area contributed by atoms with Gasteiger partial charge in [-0.05, 0) is 44.2 Å². The Balaban J connectivity index is 1.93. The third-order valence-electron chi connectivity index (χ3n) is 5.31. The molecule has 0 radical (unpaired) electrons. The largest absolute Gasteiger partial charge is 0.388 e. The van der Waals surface area contributed by atoms with Gasteiger partial charge in [-0.25, -0.2) is 0 Å². The molecule has 2 N–H and O–H groups in total. The van der Waals surface area contributed by atoms with Gasteiger partial charge < -0.3 is 10.4 Å². The standard InChI is InChI=1S/C20H29N3O2/c1-15(2)20(3,14-21)22-19(25)13-23-11-7-10-17(23)12-18(24)16-8-5-4-6-9-16/h4-6,8-9,15,17-18,24H,7,10-13H2,1-3H3,(H,22,25)/t17-,18-,20+/m1/s1. The Morgan fingerprint density at radius 3 is 2.72 bits per heavy atom. The fourth-order valence-electron chi connectivity index (χ4n) is 3.25. The minimum Gasteiger partial charge on any atom is -0.388 e. The zero-order chi connectivity index (χ0) is 18.4. The number of hydrogen-bond donors (Lipinski definition) is 2. The van der Waals surface area contributed by atoms with E-state index in [1.54, 1.807) is 6.92 Å². The number of rotatable bonds is 7. The van der Waals surface area contributed by atoms with E-state index >= 15 is 0 Å². The molecule has 5 heteroatoms. The van der Waals surface area contributed by atoms with Gasteiger partial charge in [-0.1, -0.05) is 44.2 Å². The highest BCUT2D eigenvalue weighted by molar-refractivity contribution is 5.79. The molecule has 1 aromatic rings. The molecule has 0 spiro atoms. The summed E-state index contributed by atoms with van der Waals surface area (Å²) in [6, 6.07) is 12.0. The number of nitriles is 1. The van der Waals surface area contributed by atoms with Crippen LogP contribution in [0.15, 0.2) is 30.3 Å². The van der Waals surface area contributed by atoms with E-state index in [2.05, 4.69) is 16.3 Å². The molecule has 1 amide bonds. The Kier molecular flexibility index (Phi) is 6.57. The molecule has 0 aliphatic carbocycles. The maximum Gasteiger partial charge on any atom is 0.235 e. The topological polar surface area (TPSA) is 76.4 Å². The highest BCUT2D eigenvalue weighted by Gasteiger charge is 2.33. The molecule has 0 bridgehead atoms. The molecular formula is C20H29N3O2. The zero-order valence-corrected chi connectivity index (χ0v) is 15.4. The third-order valence-corrected chi connectivity index (χ3v) is 5.31. The maximum absolute atomic E-state index is 12.4. The van der Waals surface area contributed by atoms with Gasteiger partial charge in [0, 0.05) is 6.04 Å². The van der Waals surface area contributed by atoms with Crippen molar-refractivity contribution in [2.45, 2.75) is 57.7 Å². The number of nitrogens with one attached hydrogen (secondary N) is 1. The molecule has 1 fully saturated rings. The van der Waals surface area contributed by atoms with Crippen molar-refractivity contribution in [1.29, 1.82) is 5.26 Å². The van der Waals surface area contributed by atoms with E-state index < -0.39 is 11.6 Å². The molecule has 2 rings (SSSR count). The minimum atomic E-state index is -0.851. The summed E-state index contributed by atoms with van der Waals surface area (Å²) in [5.41, 5.74) is 0.0613. The van der Waals surface area contributed by atoms with Crippen LogP contribution in [-0.2, 0) is 4.79 Å². The lowest BCUT2D eigenvalue weighted by molar-refractivity contribution is -0.124. The fourth-order valence-corrected chi connectivity index (χ4v) is 3.25. The molecule has 1 heterocycles. The fraction of sp³-hybridized carbons (Fsp3) is 0.600. The third kappa shape index (κ3) is 5.04. The Morgan fingerprint density at radius 2 is 2.12 bits per heavy atom. The Hall–Kier alpha value is -1.90. The quantitative estimate of drug-likeness (QED) is 0.798. The van der Waals surface area contributed by atoms with Crippen LogP contribution >= 0.6 is 0 Å². The van der Waals surface area contributed by atoms with Gasteiger partial charge >= 0.3 is 0 Å². The molecule has 3 atom stereocenters. The van der Waals surface area contributed by atoms with E-state index in [1.165, 1.54) is 0 Å². The number of nitrogens with zero attached hydrogens (tertiary/aromatic N) is 2. The number of hydrogen-bond acceptors (Lipinski definition) is 4. The van der Waals surface area contributed by atoms with Crippen LogP contribution in [0.2, 0.25) is 0 Å². The van der Waals surface area contributed by atoms with Gasteiger partial charge in [0.1, 0.15) is 5.54 Å².